The molecule has 0 atom stereocenters. The molecule has 17 heavy (non-hydrogen) atoms. The van der Waals surface area contributed by atoms with Crippen LogP contribution in [0.1, 0.15) is 44.7 Å². The highest BCUT2D eigenvalue weighted by Gasteiger charge is 2.06. The fourth-order valence-corrected chi connectivity index (χ4v) is 1.63. The zero-order valence-corrected chi connectivity index (χ0v) is 11.3. The summed E-state index contributed by atoms with van der Waals surface area (Å²) >= 11 is 0. The van der Waals surface area contributed by atoms with Gasteiger partial charge in [0.15, 0.2) is 0 Å². The van der Waals surface area contributed by atoms with E-state index in [0.29, 0.717) is 0 Å². The Kier molecular flexibility index (Phi) is 5.82. The van der Waals surface area contributed by atoms with Crippen LogP contribution in [0.25, 0.3) is 0 Å². The van der Waals surface area contributed by atoms with Gasteiger partial charge in [0.25, 0.3) is 0 Å². The molecule has 0 saturated heterocycles. The lowest BCUT2D eigenvalue weighted by Gasteiger charge is -2.12. The largest absolute Gasteiger partial charge is 0.494 e. The van der Waals surface area contributed by atoms with Crippen molar-refractivity contribution in [2.24, 2.45) is 0 Å². The maximum absolute atomic E-state index is 5.78. The number of aryl methyl sites for hydroxylation is 1. The molecule has 0 amide bonds. The van der Waals surface area contributed by atoms with Gasteiger partial charge >= 0.3 is 0 Å². The summed E-state index contributed by atoms with van der Waals surface area (Å²) in [7, 11) is 0. The van der Waals surface area contributed by atoms with E-state index in [2.05, 4.69) is 45.5 Å². The van der Waals surface area contributed by atoms with Crippen molar-refractivity contribution in [2.75, 3.05) is 6.61 Å². The average molecular weight is 231 g/mol. The molecule has 0 saturated carbocycles. The molecule has 1 heteroatoms. The second kappa shape index (κ2) is 7.16. The minimum atomic E-state index is 0.802. The van der Waals surface area contributed by atoms with E-state index in [1.807, 2.05) is 6.08 Å². The van der Waals surface area contributed by atoms with E-state index in [4.69, 9.17) is 4.74 Å². The van der Waals surface area contributed by atoms with Crippen LogP contribution in [0.2, 0.25) is 0 Å². The molecule has 0 aliphatic heterocycles. The molecule has 0 unspecified atom stereocenters. The quantitative estimate of drug-likeness (QED) is 0.625. The maximum Gasteiger partial charge on any atom is 0.119 e. The number of ether oxygens (including phenoxy) is 1. The molecule has 1 aromatic rings. The van der Waals surface area contributed by atoms with E-state index in [-0.39, 0.29) is 0 Å². The second-order valence-corrected chi connectivity index (χ2v) is 4.31. The molecule has 1 aromatic carbocycles. The van der Waals surface area contributed by atoms with Crippen LogP contribution in [0.5, 0.6) is 5.75 Å². The van der Waals surface area contributed by atoms with Crippen LogP contribution < -0.4 is 4.74 Å². The van der Waals surface area contributed by atoms with Crippen molar-refractivity contribution in [3.8, 4) is 5.75 Å². The van der Waals surface area contributed by atoms with Crippen molar-refractivity contribution >= 4 is 0 Å². The van der Waals surface area contributed by atoms with Crippen molar-refractivity contribution in [1.29, 1.82) is 0 Å². The summed E-state index contributed by atoms with van der Waals surface area (Å²) in [5.74, 6) is 2.18. The zero-order chi connectivity index (χ0) is 12.7. The van der Waals surface area contributed by atoms with Gasteiger partial charge < -0.3 is 4.74 Å². The first-order valence-electron chi connectivity index (χ1n) is 6.44. The van der Waals surface area contributed by atoms with Crippen molar-refractivity contribution in [3.05, 3.63) is 47.9 Å². The molecule has 1 nitrogen and oxygen atoms in total. The fourth-order valence-electron chi connectivity index (χ4n) is 1.63. The summed E-state index contributed by atoms with van der Waals surface area (Å²) in [6, 6.07) is 6.45. The number of unbranched alkanes of at least 4 members (excludes halogenated alkanes) is 1. The highest BCUT2D eigenvalue weighted by molar-refractivity contribution is 5.43. The van der Waals surface area contributed by atoms with Crippen LogP contribution in [0, 0.1) is 5.92 Å². The van der Waals surface area contributed by atoms with Gasteiger partial charge in [-0.25, -0.2) is 0 Å². The summed E-state index contributed by atoms with van der Waals surface area (Å²) < 4.78 is 5.78. The normalized spacial score (nSPS) is 10.6. The molecule has 0 N–H and O–H groups in total. The van der Waals surface area contributed by atoms with Gasteiger partial charge in [-0.15, -0.1) is 6.58 Å². The Hall–Kier alpha value is -1.24. The highest BCUT2D eigenvalue weighted by Crippen LogP contribution is 2.24. The van der Waals surface area contributed by atoms with Crippen LogP contribution in [0.4, 0.5) is 0 Å². The lowest BCUT2D eigenvalue weighted by Crippen LogP contribution is -1.99. The number of rotatable bonds is 7. The lowest BCUT2D eigenvalue weighted by atomic mass is 9.98. The van der Waals surface area contributed by atoms with Crippen LogP contribution in [-0.2, 0) is 6.42 Å². The van der Waals surface area contributed by atoms with Crippen LogP contribution in [-0.4, -0.2) is 6.61 Å². The first-order chi connectivity index (χ1) is 8.21. The van der Waals surface area contributed by atoms with E-state index in [1.54, 1.807) is 0 Å². The van der Waals surface area contributed by atoms with Gasteiger partial charge in [-0.3, -0.25) is 0 Å². The molecule has 93 valence electrons. The second-order valence-electron chi connectivity index (χ2n) is 4.31. The molecular weight excluding hydrogens is 208 g/mol. The molecule has 1 rings (SSSR count). The Labute approximate surface area is 106 Å². The van der Waals surface area contributed by atoms with Gasteiger partial charge in [0.05, 0.1) is 6.61 Å². The van der Waals surface area contributed by atoms with Gasteiger partial charge in [-0.05, 0) is 36.1 Å². The first-order valence-corrected chi connectivity index (χ1v) is 6.44. The summed E-state index contributed by atoms with van der Waals surface area (Å²) in [6.45, 7) is 11.0. The van der Waals surface area contributed by atoms with Gasteiger partial charge in [-0.1, -0.05) is 39.3 Å². The number of hydrogen-bond donors (Lipinski definition) is 0. The predicted molar refractivity (Wildman–Crippen MR) is 74.4 cm³/mol. The minimum Gasteiger partial charge on any atom is -0.494 e. The Balaban J connectivity index is 2.85. The molecule has 0 heterocycles. The van der Waals surface area contributed by atoms with Gasteiger partial charge in [0.2, 0.25) is 0 Å². The Morgan fingerprint density at radius 1 is 1.29 bits per heavy atom. The third-order valence-electron chi connectivity index (χ3n) is 2.90. The van der Waals surface area contributed by atoms with E-state index < -0.39 is 0 Å². The van der Waals surface area contributed by atoms with E-state index in [9.17, 15) is 0 Å². The van der Waals surface area contributed by atoms with Crippen molar-refractivity contribution in [3.63, 3.8) is 0 Å². The van der Waals surface area contributed by atoms with Gasteiger partial charge in [0, 0.05) is 5.92 Å². The Morgan fingerprint density at radius 2 is 2.06 bits per heavy atom. The van der Waals surface area contributed by atoms with Crippen LogP contribution >= 0.6 is 0 Å². The van der Waals surface area contributed by atoms with Gasteiger partial charge in [0.1, 0.15) is 5.75 Å². The average Bonchev–Trinajstić information content (AvgIpc) is 2.37. The van der Waals surface area contributed by atoms with Crippen molar-refractivity contribution in [2.45, 2.75) is 40.0 Å². The predicted octanol–water partition coefficient (Wildman–Crippen LogP) is 4.56. The molecule has 0 aliphatic rings. The number of hydrogen-bond acceptors (Lipinski definition) is 1. The van der Waals surface area contributed by atoms with Crippen LogP contribution in [0.3, 0.4) is 0 Å². The smallest absolute Gasteiger partial charge is 0.119 e. The van der Waals surface area contributed by atoms with E-state index in [1.165, 1.54) is 17.0 Å². The molecule has 0 fully saturated rings. The summed E-state index contributed by atoms with van der Waals surface area (Å²) in [5.41, 5.74) is 2.53. The summed E-state index contributed by atoms with van der Waals surface area (Å²) in [6.07, 6.45) is 5.20. The Bertz CT molecular complexity index is 355. The van der Waals surface area contributed by atoms with E-state index in [0.717, 1.165) is 31.6 Å². The zero-order valence-electron chi connectivity index (χ0n) is 11.3. The van der Waals surface area contributed by atoms with Gasteiger partial charge in [-0.2, -0.15) is 0 Å². The summed E-state index contributed by atoms with van der Waals surface area (Å²) in [5, 5.41) is 0. The minimum absolute atomic E-state index is 0.802. The molecule has 0 spiro atoms. The first kappa shape index (κ1) is 13.8. The number of benzene rings is 1. The summed E-state index contributed by atoms with van der Waals surface area (Å²) in [4.78, 5) is 0. The monoisotopic (exact) mass is 231 g/mol. The molecule has 0 aromatic heterocycles. The highest BCUT2D eigenvalue weighted by atomic mass is 16.5. The molecule has 0 aliphatic carbocycles. The Morgan fingerprint density at radius 3 is 2.65 bits per heavy atom. The standard InChI is InChI=1S/C16H23O/c1-5-8-9-17-16-11-14(7-3)10-15(12-16)13(4)6-2/h6,10-12H,2,5,7-9H2,1,3-4H3. The lowest BCUT2D eigenvalue weighted by molar-refractivity contribution is 0.309. The molecule has 1 radical (unpaired) electrons. The molecule has 0 bridgehead atoms. The van der Waals surface area contributed by atoms with Crippen LogP contribution in [0.15, 0.2) is 30.9 Å². The van der Waals surface area contributed by atoms with Crippen molar-refractivity contribution in [1.82, 2.24) is 0 Å². The maximum atomic E-state index is 5.78. The topological polar surface area (TPSA) is 9.23 Å². The van der Waals surface area contributed by atoms with Crippen molar-refractivity contribution < 1.29 is 4.74 Å². The fraction of sp³-hybridized carbons (Fsp3) is 0.438. The van der Waals surface area contributed by atoms with E-state index >= 15 is 0 Å². The third kappa shape index (κ3) is 4.26. The number of allylic oxidation sites excluding steroid dienone is 1. The molecular formula is C16H23O. The third-order valence-corrected chi connectivity index (χ3v) is 2.90. The SMILES string of the molecule is C=C[C](C)c1cc(CC)cc(OCCCC)c1.